The SMILES string of the molecule is O=c1c(S(=O)(=O)OO)c(-c2ccccc2)oc2ccccc12. The van der Waals surface area contributed by atoms with Crippen LogP contribution in [0.2, 0.25) is 0 Å². The van der Waals surface area contributed by atoms with Gasteiger partial charge in [0.2, 0.25) is 5.43 Å². The van der Waals surface area contributed by atoms with E-state index in [1.807, 2.05) is 0 Å². The average Bonchev–Trinajstić information content (AvgIpc) is 2.55. The summed E-state index contributed by atoms with van der Waals surface area (Å²) in [6, 6.07) is 14.5. The first-order valence-electron chi connectivity index (χ1n) is 6.24. The molecule has 0 saturated heterocycles. The Kier molecular flexibility index (Phi) is 3.53. The van der Waals surface area contributed by atoms with Crippen LogP contribution in [0.4, 0.5) is 0 Å². The monoisotopic (exact) mass is 318 g/mol. The molecule has 1 heterocycles. The minimum absolute atomic E-state index is 0.0813. The fourth-order valence-electron chi connectivity index (χ4n) is 2.17. The average molecular weight is 318 g/mol. The van der Waals surface area contributed by atoms with Gasteiger partial charge in [0.25, 0.3) is 0 Å². The summed E-state index contributed by atoms with van der Waals surface area (Å²) in [5, 5.41) is 8.73. The van der Waals surface area contributed by atoms with Crippen molar-refractivity contribution in [3.05, 3.63) is 64.8 Å². The van der Waals surface area contributed by atoms with Crippen molar-refractivity contribution in [2.75, 3.05) is 0 Å². The van der Waals surface area contributed by atoms with Crippen molar-refractivity contribution in [1.82, 2.24) is 0 Å². The summed E-state index contributed by atoms with van der Waals surface area (Å²) < 4.78 is 33.0. The van der Waals surface area contributed by atoms with Crippen LogP contribution in [-0.4, -0.2) is 13.7 Å². The third-order valence-electron chi connectivity index (χ3n) is 3.14. The van der Waals surface area contributed by atoms with E-state index < -0.39 is 20.4 Å². The number of benzene rings is 2. The molecule has 22 heavy (non-hydrogen) atoms. The molecule has 0 fully saturated rings. The Morgan fingerprint density at radius 3 is 2.27 bits per heavy atom. The maximum atomic E-state index is 12.5. The molecule has 0 aliphatic heterocycles. The Morgan fingerprint density at radius 2 is 1.59 bits per heavy atom. The van der Waals surface area contributed by atoms with Gasteiger partial charge >= 0.3 is 10.1 Å². The van der Waals surface area contributed by atoms with E-state index in [1.165, 1.54) is 6.07 Å². The van der Waals surface area contributed by atoms with E-state index in [0.29, 0.717) is 5.56 Å². The first-order valence-corrected chi connectivity index (χ1v) is 7.65. The summed E-state index contributed by atoms with van der Waals surface area (Å²) in [4.78, 5) is 11.8. The van der Waals surface area contributed by atoms with Crippen molar-refractivity contribution in [1.29, 1.82) is 0 Å². The Labute approximate surface area is 125 Å². The maximum absolute atomic E-state index is 12.5. The summed E-state index contributed by atoms with van der Waals surface area (Å²) in [6.07, 6.45) is 0. The smallest absolute Gasteiger partial charge is 0.330 e. The van der Waals surface area contributed by atoms with E-state index in [9.17, 15) is 13.2 Å². The van der Waals surface area contributed by atoms with Crippen molar-refractivity contribution in [3.8, 4) is 11.3 Å². The van der Waals surface area contributed by atoms with Crippen LogP contribution in [0.15, 0.2) is 68.7 Å². The van der Waals surface area contributed by atoms with Gasteiger partial charge in [-0.3, -0.25) is 4.79 Å². The molecule has 0 saturated carbocycles. The van der Waals surface area contributed by atoms with Crippen molar-refractivity contribution in [2.24, 2.45) is 0 Å². The van der Waals surface area contributed by atoms with E-state index >= 15 is 0 Å². The van der Waals surface area contributed by atoms with Gasteiger partial charge < -0.3 is 4.42 Å². The summed E-state index contributed by atoms with van der Waals surface area (Å²) in [5.74, 6) is -0.182. The third kappa shape index (κ3) is 2.31. The van der Waals surface area contributed by atoms with Crippen LogP contribution in [0, 0.1) is 0 Å². The molecule has 7 heteroatoms. The highest BCUT2D eigenvalue weighted by Crippen LogP contribution is 2.29. The van der Waals surface area contributed by atoms with Crippen LogP contribution in [-0.2, 0) is 14.5 Å². The van der Waals surface area contributed by atoms with Gasteiger partial charge in [0.05, 0.1) is 5.39 Å². The van der Waals surface area contributed by atoms with Crippen LogP contribution in [0.25, 0.3) is 22.3 Å². The van der Waals surface area contributed by atoms with Gasteiger partial charge in [-0.05, 0) is 12.1 Å². The highest BCUT2D eigenvalue weighted by molar-refractivity contribution is 7.86. The van der Waals surface area contributed by atoms with Gasteiger partial charge in [-0.15, -0.1) is 4.33 Å². The molecule has 0 aliphatic rings. The molecule has 3 aromatic rings. The summed E-state index contributed by atoms with van der Waals surface area (Å²) in [5.41, 5.74) is -0.182. The highest BCUT2D eigenvalue weighted by Gasteiger charge is 2.28. The second-order valence-electron chi connectivity index (χ2n) is 4.48. The molecule has 0 spiro atoms. The molecular weight excluding hydrogens is 308 g/mol. The summed E-state index contributed by atoms with van der Waals surface area (Å²) in [6.45, 7) is 0. The minimum atomic E-state index is -4.65. The second kappa shape index (κ2) is 5.38. The Bertz CT molecular complexity index is 989. The van der Waals surface area contributed by atoms with Gasteiger partial charge in [0.1, 0.15) is 5.58 Å². The molecule has 6 nitrogen and oxygen atoms in total. The molecule has 0 bridgehead atoms. The van der Waals surface area contributed by atoms with E-state index in [4.69, 9.17) is 9.67 Å². The first-order chi connectivity index (χ1) is 10.5. The molecule has 0 aliphatic carbocycles. The predicted molar refractivity (Wildman–Crippen MR) is 78.8 cm³/mol. The van der Waals surface area contributed by atoms with Gasteiger partial charge in [0.15, 0.2) is 10.7 Å². The topological polar surface area (TPSA) is 93.8 Å². The van der Waals surface area contributed by atoms with Crippen molar-refractivity contribution in [3.63, 3.8) is 0 Å². The predicted octanol–water partition coefficient (Wildman–Crippen LogP) is 2.64. The Morgan fingerprint density at radius 1 is 0.955 bits per heavy atom. The van der Waals surface area contributed by atoms with Gasteiger partial charge in [-0.25, -0.2) is 5.26 Å². The van der Waals surface area contributed by atoms with Crippen LogP contribution in [0.5, 0.6) is 0 Å². The zero-order valence-electron chi connectivity index (χ0n) is 11.1. The number of fused-ring (bicyclic) bond motifs is 1. The molecule has 0 amide bonds. The normalized spacial score (nSPS) is 11.7. The zero-order chi connectivity index (χ0) is 15.7. The third-order valence-corrected chi connectivity index (χ3v) is 4.21. The summed E-state index contributed by atoms with van der Waals surface area (Å²) in [7, 11) is -4.65. The van der Waals surface area contributed by atoms with E-state index in [-0.39, 0.29) is 16.7 Å². The lowest BCUT2D eigenvalue weighted by atomic mass is 10.1. The van der Waals surface area contributed by atoms with Gasteiger partial charge in [-0.1, -0.05) is 42.5 Å². The maximum Gasteiger partial charge on any atom is 0.330 e. The molecule has 2 aromatic carbocycles. The van der Waals surface area contributed by atoms with Crippen LogP contribution < -0.4 is 5.43 Å². The van der Waals surface area contributed by atoms with Crippen molar-refractivity contribution >= 4 is 21.1 Å². The molecule has 0 radical (unpaired) electrons. The summed E-state index contributed by atoms with van der Waals surface area (Å²) >= 11 is 0. The van der Waals surface area contributed by atoms with E-state index in [0.717, 1.165) is 0 Å². The van der Waals surface area contributed by atoms with Gasteiger partial charge in [-0.2, -0.15) is 8.42 Å². The van der Waals surface area contributed by atoms with Crippen LogP contribution in [0.3, 0.4) is 0 Å². The van der Waals surface area contributed by atoms with E-state index in [1.54, 1.807) is 48.5 Å². The molecular formula is C15H10O6S. The Hall–Kier alpha value is -2.48. The van der Waals surface area contributed by atoms with Gasteiger partial charge in [0, 0.05) is 5.56 Å². The molecule has 3 rings (SSSR count). The van der Waals surface area contributed by atoms with Crippen molar-refractivity contribution in [2.45, 2.75) is 4.90 Å². The quantitative estimate of drug-likeness (QED) is 0.589. The number of rotatable bonds is 3. The lowest BCUT2D eigenvalue weighted by molar-refractivity contribution is -0.130. The fourth-order valence-corrected chi connectivity index (χ4v) is 2.97. The second-order valence-corrected chi connectivity index (χ2v) is 5.95. The first kappa shape index (κ1) is 14.5. The molecule has 1 aromatic heterocycles. The largest absolute Gasteiger partial charge is 0.454 e. The lowest BCUT2D eigenvalue weighted by Crippen LogP contribution is -2.18. The molecule has 1 N–H and O–H groups in total. The molecule has 0 unspecified atom stereocenters. The zero-order valence-corrected chi connectivity index (χ0v) is 11.9. The number of hydrogen-bond donors (Lipinski definition) is 1. The van der Waals surface area contributed by atoms with Crippen LogP contribution >= 0.6 is 0 Å². The van der Waals surface area contributed by atoms with Crippen LogP contribution in [0.1, 0.15) is 0 Å². The molecule has 0 atom stereocenters. The lowest BCUT2D eigenvalue weighted by Gasteiger charge is -2.08. The van der Waals surface area contributed by atoms with Crippen molar-refractivity contribution < 1.29 is 22.4 Å². The number of para-hydroxylation sites is 1. The standard InChI is InChI=1S/C15H10O6S/c16-13-11-8-4-5-9-12(11)20-14(10-6-2-1-3-7-10)15(13)22(18,19)21-17/h1-9,17H. The number of hydrogen-bond acceptors (Lipinski definition) is 6. The molecule has 112 valence electrons. The Balaban J connectivity index is 2.50. The highest BCUT2D eigenvalue weighted by atomic mass is 32.2. The van der Waals surface area contributed by atoms with E-state index in [2.05, 4.69) is 4.33 Å². The minimum Gasteiger partial charge on any atom is -0.454 e. The fraction of sp³-hybridized carbons (Fsp3) is 0.